The summed E-state index contributed by atoms with van der Waals surface area (Å²) in [7, 11) is -4.06. The molecule has 0 amide bonds. The molecule has 37 heavy (non-hydrogen) atoms. The van der Waals surface area contributed by atoms with Crippen molar-refractivity contribution in [2.24, 2.45) is 0 Å². The number of halogens is 3. The molecule has 2 heterocycles. The second-order valence-electron chi connectivity index (χ2n) is 7.76. The van der Waals surface area contributed by atoms with Crippen molar-refractivity contribution in [2.45, 2.75) is 19.8 Å². The van der Waals surface area contributed by atoms with Crippen molar-refractivity contribution in [3.63, 3.8) is 0 Å². The monoisotopic (exact) mass is 535 g/mol. The van der Waals surface area contributed by atoms with Crippen LogP contribution in [0, 0.1) is 6.92 Å². The highest BCUT2D eigenvalue weighted by Gasteiger charge is 2.31. The van der Waals surface area contributed by atoms with E-state index >= 15 is 0 Å². The van der Waals surface area contributed by atoms with E-state index in [9.17, 15) is 31.5 Å². The van der Waals surface area contributed by atoms with E-state index in [-0.39, 0.29) is 23.6 Å². The molecule has 0 spiro atoms. The Morgan fingerprint density at radius 1 is 1.03 bits per heavy atom. The minimum atomic E-state index is -4.87. The number of alkyl halides is 3. The molecule has 2 aromatic heterocycles. The first-order valence-corrected chi connectivity index (χ1v) is 12.1. The number of pyridine rings is 1. The molecule has 10 nitrogen and oxygen atoms in total. The maximum atomic E-state index is 13.2. The highest BCUT2D eigenvalue weighted by molar-refractivity contribution is 7.94. The van der Waals surface area contributed by atoms with Crippen LogP contribution in [-0.4, -0.2) is 34.0 Å². The number of hydrogen-bond acceptors (Lipinski definition) is 6. The van der Waals surface area contributed by atoms with Gasteiger partial charge in [0.05, 0.1) is 35.5 Å². The van der Waals surface area contributed by atoms with Crippen LogP contribution in [0.2, 0.25) is 0 Å². The van der Waals surface area contributed by atoms with Crippen LogP contribution in [0.15, 0.2) is 77.9 Å². The van der Waals surface area contributed by atoms with E-state index < -0.39 is 33.9 Å². The molecule has 0 radical (unpaired) electrons. The number of nitrogens with one attached hydrogen (secondary N) is 2. The molecule has 0 fully saturated rings. The first kappa shape index (κ1) is 25.6. The van der Waals surface area contributed by atoms with E-state index in [1.54, 1.807) is 30.3 Å². The lowest BCUT2D eigenvalue weighted by Crippen LogP contribution is -2.26. The lowest BCUT2D eigenvalue weighted by molar-refractivity contribution is -0.274. The zero-order valence-corrected chi connectivity index (χ0v) is 19.9. The molecule has 14 heteroatoms. The molecule has 0 unspecified atom stereocenters. The average molecular weight is 536 g/mol. The number of para-hydroxylation sites is 1. The predicted molar refractivity (Wildman–Crippen MR) is 129 cm³/mol. The van der Waals surface area contributed by atoms with Crippen LogP contribution in [-0.2, 0) is 16.8 Å². The second-order valence-corrected chi connectivity index (χ2v) is 9.18. The fraction of sp³-hybridized carbons (Fsp3) is 0.130. The normalized spacial score (nSPS) is 11.8. The summed E-state index contributed by atoms with van der Waals surface area (Å²) >= 11 is 0. The molecule has 0 saturated carbocycles. The van der Waals surface area contributed by atoms with Gasteiger partial charge in [0.25, 0.3) is 0 Å². The van der Waals surface area contributed by atoms with Gasteiger partial charge in [0.2, 0.25) is 5.88 Å². The summed E-state index contributed by atoms with van der Waals surface area (Å²) < 4.78 is 73.2. The van der Waals surface area contributed by atoms with Crippen LogP contribution >= 0.6 is 0 Å². The van der Waals surface area contributed by atoms with Crippen molar-refractivity contribution in [1.29, 1.82) is 0 Å². The van der Waals surface area contributed by atoms with Gasteiger partial charge in [-0.25, -0.2) is 9.36 Å². The number of aromatic nitrogens is 3. The Kier molecular flexibility index (Phi) is 6.85. The van der Waals surface area contributed by atoms with Crippen molar-refractivity contribution in [3.05, 3.63) is 94.8 Å². The van der Waals surface area contributed by atoms with Gasteiger partial charge in [-0.15, -0.1) is 13.2 Å². The van der Waals surface area contributed by atoms with Gasteiger partial charge in [-0.3, -0.25) is 19.0 Å². The topological polar surface area (TPSA) is 127 Å². The van der Waals surface area contributed by atoms with Gasteiger partial charge in [0.1, 0.15) is 5.75 Å². The maximum absolute atomic E-state index is 13.2. The molecule has 0 bridgehead atoms. The summed E-state index contributed by atoms with van der Waals surface area (Å²) in [6.45, 7) is 1.32. The first-order valence-electron chi connectivity index (χ1n) is 10.6. The van der Waals surface area contributed by atoms with E-state index in [4.69, 9.17) is 0 Å². The Bertz CT molecular complexity index is 1570. The Morgan fingerprint density at radius 3 is 2.35 bits per heavy atom. The Morgan fingerprint density at radius 2 is 1.70 bits per heavy atom. The molecule has 194 valence electrons. The third-order valence-electron chi connectivity index (χ3n) is 5.20. The number of anilines is 2. The van der Waals surface area contributed by atoms with Crippen LogP contribution in [0.4, 0.5) is 24.5 Å². The lowest BCUT2D eigenvalue weighted by Gasteiger charge is -2.14. The molecular formula is C23H20F3N5O5S. The first-order chi connectivity index (χ1) is 17.4. The molecule has 2 aromatic carbocycles. The van der Waals surface area contributed by atoms with E-state index in [2.05, 4.69) is 19.2 Å². The van der Waals surface area contributed by atoms with Gasteiger partial charge < -0.3 is 9.84 Å². The van der Waals surface area contributed by atoms with E-state index in [0.29, 0.717) is 11.3 Å². The maximum Gasteiger partial charge on any atom is 0.573 e. The summed E-state index contributed by atoms with van der Waals surface area (Å²) in [5.41, 5.74) is 0.340. The summed E-state index contributed by atoms with van der Waals surface area (Å²) in [5.74, 6) is -0.922. The van der Waals surface area contributed by atoms with Crippen LogP contribution < -0.4 is 19.9 Å². The van der Waals surface area contributed by atoms with Gasteiger partial charge >= 0.3 is 22.3 Å². The summed E-state index contributed by atoms with van der Waals surface area (Å²) in [5, 5.41) is 10.6. The van der Waals surface area contributed by atoms with Gasteiger partial charge in [-0.1, -0.05) is 18.2 Å². The number of nitrogens with zero attached hydrogens (tertiary/aromatic N) is 3. The van der Waals surface area contributed by atoms with E-state index in [1.165, 1.54) is 42.1 Å². The number of imidazole rings is 1. The quantitative estimate of drug-likeness (QED) is 0.315. The van der Waals surface area contributed by atoms with Crippen LogP contribution in [0.25, 0.3) is 5.69 Å². The summed E-state index contributed by atoms with van der Waals surface area (Å²) in [6.07, 6.45) is -2.19. The fourth-order valence-corrected chi connectivity index (χ4v) is 4.48. The van der Waals surface area contributed by atoms with Crippen LogP contribution in [0.1, 0.15) is 11.3 Å². The number of aromatic hydroxyl groups is 1. The van der Waals surface area contributed by atoms with Crippen molar-refractivity contribution in [3.8, 4) is 17.3 Å². The number of benzene rings is 2. The largest absolute Gasteiger partial charge is 0.573 e. The fourth-order valence-electron chi connectivity index (χ4n) is 3.51. The molecule has 0 atom stereocenters. The van der Waals surface area contributed by atoms with Gasteiger partial charge in [0.15, 0.2) is 0 Å². The van der Waals surface area contributed by atoms with Crippen LogP contribution in [0.3, 0.4) is 0 Å². The Hall–Kier alpha value is -4.46. The molecule has 3 N–H and O–H groups in total. The zero-order chi connectivity index (χ0) is 26.8. The Labute approximate surface area is 208 Å². The summed E-state index contributed by atoms with van der Waals surface area (Å²) in [4.78, 5) is 17.1. The number of ether oxygens (including phenoxy) is 1. The third kappa shape index (κ3) is 6.03. The molecular weight excluding hydrogens is 515 g/mol. The van der Waals surface area contributed by atoms with E-state index in [0.717, 1.165) is 16.7 Å². The molecule has 4 aromatic rings. The van der Waals surface area contributed by atoms with Crippen molar-refractivity contribution >= 4 is 21.6 Å². The third-order valence-corrected chi connectivity index (χ3v) is 6.19. The summed E-state index contributed by atoms with van der Waals surface area (Å²) in [6, 6.07) is 14.1. The average Bonchev–Trinajstić information content (AvgIpc) is 3.03. The molecule has 0 aliphatic carbocycles. The highest BCUT2D eigenvalue weighted by atomic mass is 32.2. The van der Waals surface area contributed by atoms with Gasteiger partial charge in [-0.05, 0) is 55.0 Å². The zero-order valence-electron chi connectivity index (χ0n) is 19.1. The molecule has 0 aliphatic heterocycles. The molecule has 0 saturated heterocycles. The van der Waals surface area contributed by atoms with Crippen molar-refractivity contribution in [2.75, 3.05) is 9.44 Å². The minimum Gasteiger partial charge on any atom is -0.493 e. The number of rotatable bonds is 8. The van der Waals surface area contributed by atoms with Crippen LogP contribution in [0.5, 0.6) is 11.6 Å². The van der Waals surface area contributed by atoms with E-state index in [1.807, 2.05) is 0 Å². The van der Waals surface area contributed by atoms with Crippen molar-refractivity contribution < 1.29 is 31.4 Å². The highest BCUT2D eigenvalue weighted by Crippen LogP contribution is 2.26. The standard InChI is InChI=1S/C23H20F3N5O5S/c1-15-21(32)31(18-7-9-19(10-8-18)36-23(24,25)26)22(33)30(15)14-16-11-12-27-13-20(16)29-37(34,35)28-17-5-3-2-4-6-17/h2-13,28-29,32H,14H2,1H3. The lowest BCUT2D eigenvalue weighted by atomic mass is 10.2. The second kappa shape index (κ2) is 9.89. The van der Waals surface area contributed by atoms with Gasteiger partial charge in [0, 0.05) is 6.20 Å². The molecule has 0 aliphatic rings. The number of hydrogen-bond donors (Lipinski definition) is 3. The Balaban J connectivity index is 1.62. The predicted octanol–water partition coefficient (Wildman–Crippen LogP) is 3.76. The molecule has 4 rings (SSSR count). The SMILES string of the molecule is Cc1c(O)n(-c2ccc(OC(F)(F)F)cc2)c(=O)n1Cc1ccncc1NS(=O)(=O)Nc1ccccc1. The van der Waals surface area contributed by atoms with Crippen molar-refractivity contribution in [1.82, 2.24) is 14.1 Å². The van der Waals surface area contributed by atoms with Gasteiger partial charge in [-0.2, -0.15) is 8.42 Å². The minimum absolute atomic E-state index is 0.0955. The smallest absolute Gasteiger partial charge is 0.493 e.